The van der Waals surface area contributed by atoms with Gasteiger partial charge in [0.1, 0.15) is 13.2 Å². The molecule has 0 saturated heterocycles. The Balaban J connectivity index is 4.27. The highest BCUT2D eigenvalue weighted by Gasteiger charge is 2.19. The molecule has 1 atom stereocenters. The van der Waals surface area contributed by atoms with Crippen LogP contribution < -0.4 is 0 Å². The Kier molecular flexibility index (Phi) is 64.4. The second-order valence-corrected chi connectivity index (χ2v) is 21.3. The lowest BCUT2D eigenvalue weighted by Crippen LogP contribution is -2.30. The number of ether oxygens (including phenoxy) is 3. The third kappa shape index (κ3) is 67.2. The van der Waals surface area contributed by atoms with Crippen molar-refractivity contribution in [1.29, 1.82) is 0 Å². The van der Waals surface area contributed by atoms with E-state index in [9.17, 15) is 14.4 Å². The van der Waals surface area contributed by atoms with Crippen molar-refractivity contribution < 1.29 is 28.6 Å². The van der Waals surface area contributed by atoms with Crippen molar-refractivity contribution in [2.24, 2.45) is 0 Å². The second-order valence-electron chi connectivity index (χ2n) is 21.3. The predicted molar refractivity (Wildman–Crippen MR) is 361 cm³/mol. The smallest absolute Gasteiger partial charge is 0.306 e. The summed E-state index contributed by atoms with van der Waals surface area (Å²) in [5.41, 5.74) is 0. The van der Waals surface area contributed by atoms with E-state index in [2.05, 4.69) is 203 Å². The first kappa shape index (κ1) is 77.5. The summed E-state index contributed by atoms with van der Waals surface area (Å²) in [6.45, 7) is 6.32. The van der Waals surface area contributed by atoms with Crippen LogP contribution in [0.2, 0.25) is 0 Å². The number of allylic oxidation sites excluding steroid dienone is 30. The standard InChI is InChI=1S/C77H120O6/c1-4-7-10-13-16-18-20-22-24-26-28-30-32-34-36-37-38-39-41-42-44-46-48-50-52-54-56-58-61-64-67-70-76(79)82-73-74(72-81-75(78)69-66-63-60-15-12-9-6-3)83-77(80)71-68-65-62-59-57-55-53-51-49-47-45-43-40-35-33-31-29-27-25-23-21-19-17-14-11-8-5-2/h7-8,10-11,16-19,22-25,28-31,34-36,38-40,42,44-45,47,51,53,57,59,74H,4-6,9,12-15,20-21,26-27,32-33,37,41,43,46,48-50,52,54-56,58,60-73H2,1-3H3/b10-7-,11-8-,18-16-,19-17-,24-22-,25-23-,30-28-,31-29-,36-34-,39-38-,40-35-,44-42-,47-45-,53-51-,59-57-. The van der Waals surface area contributed by atoms with Gasteiger partial charge in [-0.3, -0.25) is 14.4 Å². The quantitative estimate of drug-likeness (QED) is 0.0261. The maximum absolute atomic E-state index is 12.9. The lowest BCUT2D eigenvalue weighted by molar-refractivity contribution is -0.167. The highest BCUT2D eigenvalue weighted by Crippen LogP contribution is 2.14. The summed E-state index contributed by atoms with van der Waals surface area (Å²) in [5.74, 6) is -0.968. The summed E-state index contributed by atoms with van der Waals surface area (Å²) in [7, 11) is 0. The number of hydrogen-bond acceptors (Lipinski definition) is 6. The average molecular weight is 1140 g/mol. The molecule has 0 rings (SSSR count). The zero-order valence-corrected chi connectivity index (χ0v) is 53.1. The van der Waals surface area contributed by atoms with Crippen LogP contribution in [0.4, 0.5) is 0 Å². The molecule has 0 aromatic rings. The first-order valence-electron chi connectivity index (χ1n) is 33.3. The molecular formula is C77H120O6. The van der Waals surface area contributed by atoms with Gasteiger partial charge in [0.05, 0.1) is 0 Å². The molecule has 0 heterocycles. The van der Waals surface area contributed by atoms with Gasteiger partial charge in [-0.2, -0.15) is 0 Å². The number of hydrogen-bond donors (Lipinski definition) is 0. The van der Waals surface area contributed by atoms with Crippen LogP contribution in [0.1, 0.15) is 265 Å². The van der Waals surface area contributed by atoms with E-state index >= 15 is 0 Å². The van der Waals surface area contributed by atoms with Gasteiger partial charge in [-0.25, -0.2) is 0 Å². The maximum atomic E-state index is 12.9. The summed E-state index contributed by atoms with van der Waals surface area (Å²) in [5, 5.41) is 0. The van der Waals surface area contributed by atoms with Crippen molar-refractivity contribution in [1.82, 2.24) is 0 Å². The Morgan fingerprint density at radius 1 is 0.253 bits per heavy atom. The van der Waals surface area contributed by atoms with Crippen LogP contribution in [0.3, 0.4) is 0 Å². The summed E-state index contributed by atoms with van der Waals surface area (Å²) in [4.78, 5) is 38.1. The van der Waals surface area contributed by atoms with E-state index in [0.717, 1.165) is 154 Å². The van der Waals surface area contributed by atoms with Gasteiger partial charge in [-0.1, -0.05) is 287 Å². The number of carbonyl (C=O) groups excluding carboxylic acids is 3. The van der Waals surface area contributed by atoms with Crippen LogP contribution in [0, 0.1) is 0 Å². The number of unbranched alkanes of at least 4 members (excludes halogenated alkanes) is 17. The third-order valence-corrected chi connectivity index (χ3v) is 13.4. The molecule has 0 fully saturated rings. The van der Waals surface area contributed by atoms with Crippen molar-refractivity contribution in [3.63, 3.8) is 0 Å². The summed E-state index contributed by atoms with van der Waals surface area (Å²) in [6, 6.07) is 0. The summed E-state index contributed by atoms with van der Waals surface area (Å²) >= 11 is 0. The molecule has 0 aliphatic rings. The molecule has 0 spiro atoms. The highest BCUT2D eigenvalue weighted by molar-refractivity contribution is 5.71. The van der Waals surface area contributed by atoms with E-state index in [1.807, 2.05) is 0 Å². The number of rotatable bonds is 58. The molecule has 83 heavy (non-hydrogen) atoms. The van der Waals surface area contributed by atoms with Crippen molar-refractivity contribution in [3.8, 4) is 0 Å². The molecule has 0 aliphatic carbocycles. The molecular weight excluding hydrogens is 1020 g/mol. The zero-order chi connectivity index (χ0) is 59.9. The minimum atomic E-state index is -0.812. The molecule has 6 heteroatoms. The molecule has 1 unspecified atom stereocenters. The molecule has 0 bridgehead atoms. The zero-order valence-electron chi connectivity index (χ0n) is 53.1. The minimum Gasteiger partial charge on any atom is -0.462 e. The SMILES string of the molecule is CC/C=C\C/C=C\C/C=C\C/C=C\C/C=C\C/C=C\C/C=C\C/C=C\CCCCC(=O)OC(COC(=O)CCCCCCCCC)COC(=O)CCCCCCCCCCC/C=C\C/C=C\C/C=C\C/C=C\C/C=C\C/C=C\C/C=C\CC. The van der Waals surface area contributed by atoms with Gasteiger partial charge in [0, 0.05) is 19.3 Å². The third-order valence-electron chi connectivity index (χ3n) is 13.4. The number of esters is 3. The molecule has 0 radical (unpaired) electrons. The average Bonchev–Trinajstić information content (AvgIpc) is 3.49. The van der Waals surface area contributed by atoms with E-state index in [1.54, 1.807) is 0 Å². The first-order chi connectivity index (χ1) is 41.0. The number of carbonyl (C=O) groups is 3. The van der Waals surface area contributed by atoms with Crippen LogP contribution >= 0.6 is 0 Å². The van der Waals surface area contributed by atoms with Gasteiger partial charge in [-0.15, -0.1) is 0 Å². The molecule has 0 saturated carbocycles. The van der Waals surface area contributed by atoms with Gasteiger partial charge in [0.15, 0.2) is 6.10 Å². The largest absolute Gasteiger partial charge is 0.462 e. The van der Waals surface area contributed by atoms with Crippen LogP contribution in [-0.4, -0.2) is 37.2 Å². The second kappa shape index (κ2) is 69.0. The summed E-state index contributed by atoms with van der Waals surface area (Å²) < 4.78 is 16.8. The van der Waals surface area contributed by atoms with Gasteiger partial charge >= 0.3 is 17.9 Å². The topological polar surface area (TPSA) is 78.9 Å². The molecule has 464 valence electrons. The lowest BCUT2D eigenvalue weighted by atomic mass is 10.1. The van der Waals surface area contributed by atoms with E-state index < -0.39 is 6.10 Å². The van der Waals surface area contributed by atoms with Crippen molar-refractivity contribution >= 4 is 17.9 Å². The fourth-order valence-corrected chi connectivity index (χ4v) is 8.50. The first-order valence-corrected chi connectivity index (χ1v) is 33.3. The maximum Gasteiger partial charge on any atom is 0.306 e. The van der Waals surface area contributed by atoms with Gasteiger partial charge in [-0.05, 0) is 141 Å². The Bertz CT molecular complexity index is 1940. The van der Waals surface area contributed by atoms with Gasteiger partial charge in [0.25, 0.3) is 0 Å². The van der Waals surface area contributed by atoms with Crippen molar-refractivity contribution in [2.45, 2.75) is 271 Å². The van der Waals surface area contributed by atoms with E-state index in [0.29, 0.717) is 19.3 Å². The van der Waals surface area contributed by atoms with Gasteiger partial charge < -0.3 is 14.2 Å². The summed E-state index contributed by atoms with van der Waals surface area (Å²) in [6.07, 6.45) is 104. The fraction of sp³-hybridized carbons (Fsp3) is 0.571. The fourth-order valence-electron chi connectivity index (χ4n) is 8.50. The van der Waals surface area contributed by atoms with Crippen LogP contribution in [-0.2, 0) is 28.6 Å². The minimum absolute atomic E-state index is 0.105. The molecule has 0 aliphatic heterocycles. The molecule has 0 aromatic heterocycles. The van der Waals surface area contributed by atoms with E-state index in [-0.39, 0.29) is 37.5 Å². The lowest BCUT2D eigenvalue weighted by Gasteiger charge is -2.18. The molecule has 0 aromatic carbocycles. The normalized spacial score (nSPS) is 13.3. The monoisotopic (exact) mass is 1140 g/mol. The van der Waals surface area contributed by atoms with Crippen molar-refractivity contribution in [2.75, 3.05) is 13.2 Å². The molecule has 0 N–H and O–H groups in total. The molecule has 6 nitrogen and oxygen atoms in total. The Morgan fingerprint density at radius 2 is 0.470 bits per heavy atom. The van der Waals surface area contributed by atoms with E-state index in [4.69, 9.17) is 14.2 Å². The Morgan fingerprint density at radius 3 is 0.759 bits per heavy atom. The Hall–Kier alpha value is -5.49. The van der Waals surface area contributed by atoms with E-state index in [1.165, 1.54) is 64.2 Å². The highest BCUT2D eigenvalue weighted by atomic mass is 16.6. The predicted octanol–water partition coefficient (Wildman–Crippen LogP) is 23.2. The van der Waals surface area contributed by atoms with Crippen LogP contribution in [0.25, 0.3) is 0 Å². The van der Waals surface area contributed by atoms with Crippen molar-refractivity contribution in [3.05, 3.63) is 182 Å². The van der Waals surface area contributed by atoms with Crippen LogP contribution in [0.5, 0.6) is 0 Å². The molecule has 0 amide bonds. The van der Waals surface area contributed by atoms with Crippen LogP contribution in [0.15, 0.2) is 182 Å². The Labute approximate surface area is 510 Å². The van der Waals surface area contributed by atoms with Gasteiger partial charge in [0.2, 0.25) is 0 Å².